The van der Waals surface area contributed by atoms with Crippen LogP contribution in [0, 0.1) is 18.3 Å². The molecule has 0 saturated carbocycles. The van der Waals surface area contributed by atoms with Crippen LogP contribution in [-0.2, 0) is 10.0 Å². The molecule has 2 aromatic rings. The van der Waals surface area contributed by atoms with Gasteiger partial charge >= 0.3 is 0 Å². The highest BCUT2D eigenvalue weighted by molar-refractivity contribution is 7.94. The van der Waals surface area contributed by atoms with E-state index in [9.17, 15) is 8.42 Å². The number of thiophene rings is 1. The van der Waals surface area contributed by atoms with Crippen LogP contribution in [0.4, 0.5) is 5.13 Å². The van der Waals surface area contributed by atoms with Crippen molar-refractivity contribution in [2.45, 2.75) is 11.1 Å². The zero-order valence-electron chi connectivity index (χ0n) is 8.54. The Morgan fingerprint density at radius 2 is 2.12 bits per heavy atom. The molecule has 2 rings (SSSR count). The Morgan fingerprint density at radius 1 is 1.35 bits per heavy atom. The molecule has 2 heterocycles. The number of hydrogen-bond donors (Lipinski definition) is 1. The summed E-state index contributed by atoms with van der Waals surface area (Å²) in [4.78, 5) is 0.346. The second-order valence-corrected chi connectivity index (χ2v) is 7.14. The first kappa shape index (κ1) is 12.0. The van der Waals surface area contributed by atoms with Gasteiger partial charge < -0.3 is 0 Å². The molecular formula is C8H6N4O2S3. The summed E-state index contributed by atoms with van der Waals surface area (Å²) in [6, 6.07) is 4.74. The maximum absolute atomic E-state index is 11.9. The van der Waals surface area contributed by atoms with Crippen molar-refractivity contribution < 1.29 is 8.42 Å². The average molecular weight is 286 g/mol. The maximum Gasteiger partial charge on any atom is 0.273 e. The lowest BCUT2D eigenvalue weighted by atomic mass is 10.5. The molecule has 0 fully saturated rings. The first-order valence-corrected chi connectivity index (χ1v) is 7.46. The van der Waals surface area contributed by atoms with Gasteiger partial charge in [0.15, 0.2) is 0 Å². The largest absolute Gasteiger partial charge is 0.273 e. The van der Waals surface area contributed by atoms with Crippen LogP contribution in [0.15, 0.2) is 16.3 Å². The summed E-state index contributed by atoms with van der Waals surface area (Å²) in [6.45, 7) is 1.73. The summed E-state index contributed by atoms with van der Waals surface area (Å²) in [5.74, 6) is 0. The molecule has 0 aliphatic rings. The monoisotopic (exact) mass is 286 g/mol. The van der Waals surface area contributed by atoms with Crippen molar-refractivity contribution in [1.82, 2.24) is 10.2 Å². The van der Waals surface area contributed by atoms with Crippen molar-refractivity contribution in [2.75, 3.05) is 4.72 Å². The standard InChI is InChI=1S/C8H6N4O2S3/c1-5-10-11-8(15-5)12-17(13,14)7-3-2-6(4-9)16-7/h2-3H,1H3,(H,11,12). The molecule has 0 aromatic carbocycles. The number of nitrogens with one attached hydrogen (secondary N) is 1. The summed E-state index contributed by atoms with van der Waals surface area (Å²) in [7, 11) is -3.66. The number of anilines is 1. The van der Waals surface area contributed by atoms with Gasteiger partial charge in [-0.2, -0.15) is 5.26 Å². The van der Waals surface area contributed by atoms with E-state index < -0.39 is 10.0 Å². The minimum Gasteiger partial charge on any atom is -0.253 e. The van der Waals surface area contributed by atoms with E-state index in [-0.39, 0.29) is 9.34 Å². The van der Waals surface area contributed by atoms with Crippen LogP contribution >= 0.6 is 22.7 Å². The molecule has 2 aromatic heterocycles. The summed E-state index contributed by atoms with van der Waals surface area (Å²) >= 11 is 2.06. The third kappa shape index (κ3) is 2.60. The molecule has 0 radical (unpaired) electrons. The predicted octanol–water partition coefficient (Wildman–Crippen LogP) is 1.58. The minimum absolute atomic E-state index is 0.0851. The topological polar surface area (TPSA) is 95.7 Å². The maximum atomic E-state index is 11.9. The molecule has 0 atom stereocenters. The number of rotatable bonds is 3. The highest BCUT2D eigenvalue weighted by Gasteiger charge is 2.18. The first-order chi connectivity index (χ1) is 8.01. The molecule has 0 saturated heterocycles. The fourth-order valence-electron chi connectivity index (χ4n) is 1.03. The minimum atomic E-state index is -3.66. The molecule has 6 nitrogen and oxygen atoms in total. The molecule has 0 amide bonds. The quantitative estimate of drug-likeness (QED) is 0.924. The van der Waals surface area contributed by atoms with Gasteiger partial charge in [-0.3, -0.25) is 4.72 Å². The van der Waals surface area contributed by atoms with Crippen molar-refractivity contribution in [3.8, 4) is 6.07 Å². The number of sulfonamides is 1. The third-order valence-corrected chi connectivity index (χ3v) is 5.41. The van der Waals surface area contributed by atoms with Crippen LogP contribution in [0.1, 0.15) is 9.88 Å². The Hall–Kier alpha value is -1.50. The highest BCUT2D eigenvalue weighted by Crippen LogP contribution is 2.24. The van der Waals surface area contributed by atoms with Gasteiger partial charge in [-0.1, -0.05) is 11.3 Å². The van der Waals surface area contributed by atoms with Crippen molar-refractivity contribution in [1.29, 1.82) is 5.26 Å². The number of aromatic nitrogens is 2. The number of nitrogens with zero attached hydrogens (tertiary/aromatic N) is 3. The summed E-state index contributed by atoms with van der Waals surface area (Å²) in [5.41, 5.74) is 0. The lowest BCUT2D eigenvalue weighted by Gasteiger charge is -2.00. The van der Waals surface area contributed by atoms with E-state index in [0.717, 1.165) is 22.7 Å². The van der Waals surface area contributed by atoms with Gasteiger partial charge in [0.25, 0.3) is 10.0 Å². The Balaban J connectivity index is 2.28. The average Bonchev–Trinajstić information content (AvgIpc) is 2.86. The van der Waals surface area contributed by atoms with Crippen molar-refractivity contribution in [2.24, 2.45) is 0 Å². The molecule has 0 bridgehead atoms. The fraction of sp³-hybridized carbons (Fsp3) is 0.125. The molecular weight excluding hydrogens is 280 g/mol. The van der Waals surface area contributed by atoms with E-state index in [1.54, 1.807) is 6.92 Å². The summed E-state index contributed by atoms with van der Waals surface area (Å²) in [5, 5.41) is 16.9. The van der Waals surface area contributed by atoms with Gasteiger partial charge in [-0.05, 0) is 19.1 Å². The van der Waals surface area contributed by atoms with Crippen molar-refractivity contribution in [3.05, 3.63) is 22.0 Å². The second-order valence-electron chi connectivity index (χ2n) is 2.96. The Bertz CT molecular complexity index is 680. The van der Waals surface area contributed by atoms with Crippen LogP contribution in [0.3, 0.4) is 0 Å². The molecule has 0 aliphatic carbocycles. The molecule has 1 N–H and O–H groups in total. The van der Waals surface area contributed by atoms with E-state index in [4.69, 9.17) is 5.26 Å². The summed E-state index contributed by atoms with van der Waals surface area (Å²) < 4.78 is 26.1. The normalized spacial score (nSPS) is 11.1. The van der Waals surface area contributed by atoms with Crippen molar-refractivity contribution >= 4 is 37.8 Å². The van der Waals surface area contributed by atoms with Crippen LogP contribution in [-0.4, -0.2) is 18.6 Å². The van der Waals surface area contributed by atoms with Crippen LogP contribution in [0.2, 0.25) is 0 Å². The SMILES string of the molecule is Cc1nnc(NS(=O)(=O)c2ccc(C#N)s2)s1. The number of aryl methyl sites for hydroxylation is 1. The van der Waals surface area contributed by atoms with E-state index in [0.29, 0.717) is 9.88 Å². The molecule has 9 heteroatoms. The molecule has 17 heavy (non-hydrogen) atoms. The van der Waals surface area contributed by atoms with Gasteiger partial charge in [0.1, 0.15) is 20.2 Å². The van der Waals surface area contributed by atoms with Gasteiger partial charge in [0, 0.05) is 0 Å². The van der Waals surface area contributed by atoms with Crippen LogP contribution in [0.25, 0.3) is 0 Å². The Morgan fingerprint density at radius 3 is 2.65 bits per heavy atom. The number of nitriles is 1. The van der Waals surface area contributed by atoms with E-state index in [2.05, 4.69) is 14.9 Å². The lowest BCUT2D eigenvalue weighted by molar-refractivity contribution is 0.603. The van der Waals surface area contributed by atoms with Crippen LogP contribution < -0.4 is 4.72 Å². The zero-order valence-corrected chi connectivity index (χ0v) is 11.0. The van der Waals surface area contributed by atoms with Crippen LogP contribution in [0.5, 0.6) is 0 Å². The smallest absolute Gasteiger partial charge is 0.253 e. The zero-order chi connectivity index (χ0) is 12.5. The van der Waals surface area contributed by atoms with Crippen molar-refractivity contribution in [3.63, 3.8) is 0 Å². The van der Waals surface area contributed by atoms with Gasteiger partial charge in [-0.15, -0.1) is 21.5 Å². The van der Waals surface area contributed by atoms with Gasteiger partial charge in [0.2, 0.25) is 5.13 Å². The van der Waals surface area contributed by atoms with E-state index in [1.165, 1.54) is 12.1 Å². The van der Waals surface area contributed by atoms with Gasteiger partial charge in [0.05, 0.1) is 0 Å². The third-order valence-electron chi connectivity index (χ3n) is 1.70. The van der Waals surface area contributed by atoms with Gasteiger partial charge in [-0.25, -0.2) is 8.42 Å². The van der Waals surface area contributed by atoms with E-state index >= 15 is 0 Å². The first-order valence-electron chi connectivity index (χ1n) is 4.34. The molecule has 0 spiro atoms. The Labute approximate surface area is 106 Å². The molecule has 0 unspecified atom stereocenters. The highest BCUT2D eigenvalue weighted by atomic mass is 32.2. The predicted molar refractivity (Wildman–Crippen MR) is 64.5 cm³/mol. The Kier molecular flexibility index (Phi) is 3.10. The second kappa shape index (κ2) is 4.40. The van der Waals surface area contributed by atoms with E-state index in [1.807, 2.05) is 6.07 Å². The number of hydrogen-bond acceptors (Lipinski definition) is 7. The lowest BCUT2D eigenvalue weighted by Crippen LogP contribution is -2.11. The molecule has 88 valence electrons. The molecule has 0 aliphatic heterocycles. The summed E-state index contributed by atoms with van der Waals surface area (Å²) in [6.07, 6.45) is 0. The fourth-order valence-corrected chi connectivity index (χ4v) is 3.95.